The lowest BCUT2D eigenvalue weighted by Crippen LogP contribution is -2.11. The first-order valence-electron chi connectivity index (χ1n) is 6.51. The fraction of sp³-hybridized carbons (Fsp3) is 0.118. The molecule has 3 rings (SSSR count). The largest absolute Gasteiger partial charge is 0.422 e. The van der Waals surface area contributed by atoms with Crippen LogP contribution in [0.15, 0.2) is 57.7 Å². The molecule has 0 aliphatic rings. The molecule has 0 saturated heterocycles. The van der Waals surface area contributed by atoms with Crippen LogP contribution in [-0.4, -0.2) is 0 Å². The van der Waals surface area contributed by atoms with Crippen molar-refractivity contribution < 1.29 is 4.42 Å². The van der Waals surface area contributed by atoms with Gasteiger partial charge in [0.15, 0.2) is 0 Å². The highest BCUT2D eigenvalue weighted by atomic mass is 16.4. The Morgan fingerprint density at radius 3 is 2.60 bits per heavy atom. The molecule has 3 heteroatoms. The molecule has 3 aromatic rings. The predicted molar refractivity (Wildman–Crippen MR) is 80.9 cm³/mol. The van der Waals surface area contributed by atoms with E-state index >= 15 is 0 Å². The van der Waals surface area contributed by atoms with E-state index in [0.717, 1.165) is 16.5 Å². The molecule has 20 heavy (non-hydrogen) atoms. The van der Waals surface area contributed by atoms with E-state index in [1.165, 1.54) is 0 Å². The van der Waals surface area contributed by atoms with Gasteiger partial charge in [-0.25, -0.2) is 4.79 Å². The van der Waals surface area contributed by atoms with Gasteiger partial charge in [0.05, 0.1) is 0 Å². The van der Waals surface area contributed by atoms with Gasteiger partial charge in [0, 0.05) is 29.1 Å². The predicted octanol–water partition coefficient (Wildman–Crippen LogP) is 3.27. The fourth-order valence-electron chi connectivity index (χ4n) is 2.42. The zero-order valence-electron chi connectivity index (χ0n) is 11.2. The van der Waals surface area contributed by atoms with Crippen LogP contribution in [0.2, 0.25) is 0 Å². The van der Waals surface area contributed by atoms with E-state index in [2.05, 4.69) is 0 Å². The number of nitrogens with two attached hydrogens (primary N) is 1. The lowest BCUT2D eigenvalue weighted by Gasteiger charge is -2.08. The summed E-state index contributed by atoms with van der Waals surface area (Å²) in [5.74, 6) is 0. The van der Waals surface area contributed by atoms with Crippen molar-refractivity contribution in [3.8, 4) is 0 Å². The van der Waals surface area contributed by atoms with E-state index < -0.39 is 0 Å². The lowest BCUT2D eigenvalue weighted by molar-refractivity contribution is 0.551. The summed E-state index contributed by atoms with van der Waals surface area (Å²) in [6.07, 6.45) is 0.579. The Morgan fingerprint density at radius 1 is 1.10 bits per heavy atom. The maximum atomic E-state index is 12.2. The first-order valence-corrected chi connectivity index (χ1v) is 6.51. The summed E-state index contributed by atoms with van der Waals surface area (Å²) in [6.45, 7) is 1.95. The minimum absolute atomic E-state index is 0.288. The number of aryl methyl sites for hydroxylation is 1. The number of hydrogen-bond acceptors (Lipinski definition) is 3. The fourth-order valence-corrected chi connectivity index (χ4v) is 2.42. The van der Waals surface area contributed by atoms with Gasteiger partial charge in [-0.2, -0.15) is 0 Å². The van der Waals surface area contributed by atoms with Gasteiger partial charge in [-0.3, -0.25) is 0 Å². The van der Waals surface area contributed by atoms with Crippen LogP contribution >= 0.6 is 0 Å². The summed E-state index contributed by atoms with van der Waals surface area (Å²) >= 11 is 0. The third-order valence-electron chi connectivity index (χ3n) is 3.54. The zero-order chi connectivity index (χ0) is 14.1. The maximum Gasteiger partial charge on any atom is 0.340 e. The smallest absolute Gasteiger partial charge is 0.340 e. The van der Waals surface area contributed by atoms with E-state index in [0.29, 0.717) is 23.3 Å². The van der Waals surface area contributed by atoms with Crippen molar-refractivity contribution in [1.82, 2.24) is 0 Å². The Labute approximate surface area is 116 Å². The highest BCUT2D eigenvalue weighted by Crippen LogP contribution is 2.22. The summed E-state index contributed by atoms with van der Waals surface area (Å²) in [6, 6.07) is 15.3. The summed E-state index contributed by atoms with van der Waals surface area (Å²) in [5, 5.41) is 0.935. The van der Waals surface area contributed by atoms with E-state index in [1.54, 1.807) is 6.07 Å². The van der Waals surface area contributed by atoms with Crippen LogP contribution < -0.4 is 11.4 Å². The van der Waals surface area contributed by atoms with Gasteiger partial charge < -0.3 is 10.2 Å². The molecule has 0 unspecified atom stereocenters. The molecule has 0 bridgehead atoms. The van der Waals surface area contributed by atoms with Crippen LogP contribution in [0.1, 0.15) is 16.7 Å². The van der Waals surface area contributed by atoms with Gasteiger partial charge in [-0.15, -0.1) is 0 Å². The molecule has 0 aliphatic heterocycles. The van der Waals surface area contributed by atoms with Crippen LogP contribution in [0.4, 0.5) is 5.69 Å². The van der Waals surface area contributed by atoms with Crippen molar-refractivity contribution in [3.05, 3.63) is 75.6 Å². The van der Waals surface area contributed by atoms with Gasteiger partial charge in [-0.1, -0.05) is 30.3 Å². The molecule has 2 N–H and O–H groups in total. The SMILES string of the molecule is Cc1c(Cc2ccccc2)c(=O)oc2cc(N)ccc12. The number of benzene rings is 2. The van der Waals surface area contributed by atoms with Crippen LogP contribution in [0.3, 0.4) is 0 Å². The van der Waals surface area contributed by atoms with Crippen molar-refractivity contribution in [2.24, 2.45) is 0 Å². The van der Waals surface area contributed by atoms with Gasteiger partial charge >= 0.3 is 5.63 Å². The van der Waals surface area contributed by atoms with Crippen LogP contribution in [0.25, 0.3) is 11.0 Å². The molecule has 1 aromatic heterocycles. The van der Waals surface area contributed by atoms with Gasteiger partial charge in [-0.05, 0) is 30.2 Å². The van der Waals surface area contributed by atoms with E-state index in [4.69, 9.17) is 10.2 Å². The molecule has 100 valence electrons. The van der Waals surface area contributed by atoms with Crippen molar-refractivity contribution in [1.29, 1.82) is 0 Å². The molecule has 0 aliphatic carbocycles. The zero-order valence-corrected chi connectivity index (χ0v) is 11.2. The number of fused-ring (bicyclic) bond motifs is 1. The monoisotopic (exact) mass is 265 g/mol. The minimum Gasteiger partial charge on any atom is -0.422 e. The average molecular weight is 265 g/mol. The molecule has 1 heterocycles. The second kappa shape index (κ2) is 4.85. The molecule has 0 amide bonds. The topological polar surface area (TPSA) is 56.2 Å². The Bertz CT molecular complexity index is 820. The van der Waals surface area contributed by atoms with Crippen LogP contribution in [0.5, 0.6) is 0 Å². The molecule has 0 fully saturated rings. The molecular weight excluding hydrogens is 250 g/mol. The van der Waals surface area contributed by atoms with Crippen LogP contribution in [0, 0.1) is 6.92 Å². The highest BCUT2D eigenvalue weighted by Gasteiger charge is 2.11. The van der Waals surface area contributed by atoms with E-state index in [9.17, 15) is 4.79 Å². The number of hydrogen-bond donors (Lipinski definition) is 1. The summed E-state index contributed by atoms with van der Waals surface area (Å²) in [7, 11) is 0. The second-order valence-electron chi connectivity index (χ2n) is 4.91. The quantitative estimate of drug-likeness (QED) is 0.571. The molecule has 0 saturated carbocycles. The second-order valence-corrected chi connectivity index (χ2v) is 4.91. The minimum atomic E-state index is -0.288. The highest BCUT2D eigenvalue weighted by molar-refractivity contribution is 5.83. The van der Waals surface area contributed by atoms with Crippen LogP contribution in [-0.2, 0) is 6.42 Å². The number of nitrogen functional groups attached to an aromatic ring is 1. The molecule has 0 spiro atoms. The lowest BCUT2D eigenvalue weighted by atomic mass is 9.99. The van der Waals surface area contributed by atoms with Crippen molar-refractivity contribution in [3.63, 3.8) is 0 Å². The van der Waals surface area contributed by atoms with Crippen molar-refractivity contribution in [2.45, 2.75) is 13.3 Å². The Balaban J connectivity index is 2.16. The first-order chi connectivity index (χ1) is 9.65. The Hall–Kier alpha value is -2.55. The maximum absolute atomic E-state index is 12.2. The number of anilines is 1. The van der Waals surface area contributed by atoms with E-state index in [-0.39, 0.29) is 5.63 Å². The normalized spacial score (nSPS) is 10.8. The van der Waals surface area contributed by atoms with Gasteiger partial charge in [0.2, 0.25) is 0 Å². The van der Waals surface area contributed by atoms with Gasteiger partial charge in [0.1, 0.15) is 5.58 Å². The third kappa shape index (κ3) is 2.18. The summed E-state index contributed by atoms with van der Waals surface area (Å²) in [5.41, 5.74) is 9.33. The summed E-state index contributed by atoms with van der Waals surface area (Å²) in [4.78, 5) is 12.2. The summed E-state index contributed by atoms with van der Waals surface area (Å²) < 4.78 is 5.39. The molecule has 0 atom stereocenters. The van der Waals surface area contributed by atoms with Crippen molar-refractivity contribution in [2.75, 3.05) is 5.73 Å². The van der Waals surface area contributed by atoms with E-state index in [1.807, 2.05) is 49.4 Å². The standard InChI is InChI=1S/C17H15NO2/c1-11-14-8-7-13(18)10-16(14)20-17(19)15(11)9-12-5-3-2-4-6-12/h2-8,10H,9,18H2,1H3. The average Bonchev–Trinajstić information content (AvgIpc) is 2.44. The molecule has 3 nitrogen and oxygen atoms in total. The first kappa shape index (κ1) is 12.5. The Kier molecular flexibility index (Phi) is 3.03. The van der Waals surface area contributed by atoms with Crippen molar-refractivity contribution >= 4 is 16.7 Å². The third-order valence-corrected chi connectivity index (χ3v) is 3.54. The Morgan fingerprint density at radius 2 is 1.85 bits per heavy atom. The molecular formula is C17H15NO2. The molecule has 0 radical (unpaired) electrons. The molecule has 2 aromatic carbocycles. The van der Waals surface area contributed by atoms with Gasteiger partial charge in [0.25, 0.3) is 0 Å². The number of rotatable bonds is 2.